The number of aryl methyl sites for hydroxylation is 1. The molecule has 5 rings (SSSR count). The number of hydrogen-bond acceptors (Lipinski definition) is 5. The van der Waals surface area contributed by atoms with Gasteiger partial charge in [-0.15, -0.1) is 0 Å². The van der Waals surface area contributed by atoms with Crippen molar-refractivity contribution in [2.24, 2.45) is 5.92 Å². The van der Waals surface area contributed by atoms with Crippen LogP contribution in [0.5, 0.6) is 0 Å². The molecule has 3 aliphatic rings. The van der Waals surface area contributed by atoms with E-state index in [0.717, 1.165) is 61.8 Å². The summed E-state index contributed by atoms with van der Waals surface area (Å²) in [5.41, 5.74) is 11.1. The number of hydrogen-bond donors (Lipinski definition) is 2. The average molecular weight is 380 g/mol. The number of fused-ring (bicyclic) bond motifs is 2. The lowest BCUT2D eigenvalue weighted by molar-refractivity contribution is 0.104. The Hall–Kier alpha value is -2.34. The maximum Gasteiger partial charge on any atom is 0.145 e. The molecule has 1 saturated carbocycles. The highest BCUT2D eigenvalue weighted by molar-refractivity contribution is 5.89. The fourth-order valence-corrected chi connectivity index (χ4v) is 5.15. The molecule has 2 aromatic heterocycles. The van der Waals surface area contributed by atoms with Crippen LogP contribution in [-0.4, -0.2) is 33.7 Å². The predicted octanol–water partition coefficient (Wildman–Crippen LogP) is 3.65. The SMILES string of the molecule is Cc1cn(C2CCC(OC3=C4CNCCC4=CC(C)C3)C2)c2ncnc(N)c12. The van der Waals surface area contributed by atoms with Gasteiger partial charge in [-0.1, -0.05) is 13.0 Å². The summed E-state index contributed by atoms with van der Waals surface area (Å²) in [6.07, 6.45) is 11.8. The van der Waals surface area contributed by atoms with Crippen LogP contribution in [0, 0.1) is 12.8 Å². The number of nitrogens with two attached hydrogens (primary N) is 1. The lowest BCUT2D eigenvalue weighted by Crippen LogP contribution is -2.30. The van der Waals surface area contributed by atoms with Gasteiger partial charge in [0.2, 0.25) is 0 Å². The first-order valence-corrected chi connectivity index (χ1v) is 10.5. The fourth-order valence-electron chi connectivity index (χ4n) is 5.15. The van der Waals surface area contributed by atoms with E-state index in [4.69, 9.17) is 10.5 Å². The lowest BCUT2D eigenvalue weighted by Gasteiger charge is -2.30. The van der Waals surface area contributed by atoms with E-state index < -0.39 is 0 Å². The molecule has 1 saturated heterocycles. The van der Waals surface area contributed by atoms with E-state index in [0.29, 0.717) is 17.8 Å². The van der Waals surface area contributed by atoms with Gasteiger partial charge in [0.05, 0.1) is 5.39 Å². The van der Waals surface area contributed by atoms with Crippen molar-refractivity contribution in [3.05, 3.63) is 41.1 Å². The van der Waals surface area contributed by atoms with E-state index in [1.54, 1.807) is 6.33 Å². The van der Waals surface area contributed by atoms with E-state index >= 15 is 0 Å². The summed E-state index contributed by atoms with van der Waals surface area (Å²) >= 11 is 0. The van der Waals surface area contributed by atoms with Crippen molar-refractivity contribution in [1.82, 2.24) is 19.9 Å². The Bertz CT molecular complexity index is 973. The van der Waals surface area contributed by atoms with Crippen molar-refractivity contribution in [3.63, 3.8) is 0 Å². The molecule has 0 bridgehead atoms. The lowest BCUT2D eigenvalue weighted by atomic mass is 9.86. The van der Waals surface area contributed by atoms with Crippen molar-refractivity contribution in [3.8, 4) is 0 Å². The second-order valence-corrected chi connectivity index (χ2v) is 8.59. The zero-order valence-corrected chi connectivity index (χ0v) is 16.7. The number of anilines is 1. The normalized spacial score (nSPS) is 27.8. The smallest absolute Gasteiger partial charge is 0.145 e. The van der Waals surface area contributed by atoms with E-state index in [1.165, 1.54) is 16.9 Å². The third-order valence-electron chi connectivity index (χ3n) is 6.48. The van der Waals surface area contributed by atoms with Crippen LogP contribution in [0.1, 0.15) is 50.6 Å². The summed E-state index contributed by atoms with van der Waals surface area (Å²) in [5.74, 6) is 2.36. The highest BCUT2D eigenvalue weighted by Gasteiger charge is 2.32. The number of nitrogens with one attached hydrogen (secondary N) is 1. The van der Waals surface area contributed by atoms with Crippen molar-refractivity contribution in [1.29, 1.82) is 0 Å². The molecule has 6 nitrogen and oxygen atoms in total. The zero-order chi connectivity index (χ0) is 19.3. The van der Waals surface area contributed by atoms with Gasteiger partial charge in [0, 0.05) is 37.2 Å². The summed E-state index contributed by atoms with van der Waals surface area (Å²) in [5, 5.41) is 4.49. The first kappa shape index (κ1) is 17.7. The topological polar surface area (TPSA) is 78.0 Å². The Morgan fingerprint density at radius 2 is 2.18 bits per heavy atom. The van der Waals surface area contributed by atoms with E-state index in [1.807, 2.05) is 0 Å². The highest BCUT2D eigenvalue weighted by Crippen LogP contribution is 2.39. The van der Waals surface area contributed by atoms with Crippen LogP contribution in [0.4, 0.5) is 5.82 Å². The molecule has 0 radical (unpaired) electrons. The average Bonchev–Trinajstić information content (AvgIpc) is 3.27. The number of aromatic nitrogens is 3. The van der Waals surface area contributed by atoms with Crippen molar-refractivity contribution in [2.45, 2.75) is 58.1 Å². The van der Waals surface area contributed by atoms with Gasteiger partial charge < -0.3 is 20.4 Å². The van der Waals surface area contributed by atoms with Gasteiger partial charge in [-0.05, 0) is 49.8 Å². The molecule has 3 atom stereocenters. The summed E-state index contributed by atoms with van der Waals surface area (Å²) in [4.78, 5) is 8.68. The summed E-state index contributed by atoms with van der Waals surface area (Å²) < 4.78 is 8.91. The maximum atomic E-state index is 6.61. The minimum absolute atomic E-state index is 0.276. The zero-order valence-electron chi connectivity index (χ0n) is 16.7. The minimum atomic E-state index is 0.276. The fraction of sp³-hybridized carbons (Fsp3) is 0.545. The van der Waals surface area contributed by atoms with E-state index in [2.05, 4.69) is 46.0 Å². The third-order valence-corrected chi connectivity index (χ3v) is 6.48. The molecule has 3 N–H and O–H groups in total. The molecule has 3 unspecified atom stereocenters. The molecule has 0 amide bonds. The maximum absolute atomic E-state index is 6.61. The number of nitrogen functional groups attached to an aromatic ring is 1. The molecule has 28 heavy (non-hydrogen) atoms. The molecule has 1 aliphatic heterocycles. The molecular weight excluding hydrogens is 350 g/mol. The Morgan fingerprint density at radius 1 is 1.29 bits per heavy atom. The van der Waals surface area contributed by atoms with E-state index in [9.17, 15) is 0 Å². The van der Waals surface area contributed by atoms with Crippen LogP contribution < -0.4 is 11.1 Å². The summed E-state index contributed by atoms with van der Waals surface area (Å²) in [6.45, 7) is 6.40. The number of piperidine rings is 1. The minimum Gasteiger partial charge on any atom is -0.494 e. The van der Waals surface area contributed by atoms with Gasteiger partial charge >= 0.3 is 0 Å². The van der Waals surface area contributed by atoms with Gasteiger partial charge in [0.25, 0.3) is 0 Å². The van der Waals surface area contributed by atoms with Crippen LogP contribution in [0.3, 0.4) is 0 Å². The van der Waals surface area contributed by atoms with Gasteiger partial charge in [-0.25, -0.2) is 9.97 Å². The molecule has 2 aromatic rings. The molecule has 148 valence electrons. The predicted molar refractivity (Wildman–Crippen MR) is 111 cm³/mol. The summed E-state index contributed by atoms with van der Waals surface area (Å²) in [7, 11) is 0. The first-order valence-electron chi connectivity index (χ1n) is 10.5. The van der Waals surface area contributed by atoms with Crippen LogP contribution in [0.15, 0.2) is 35.5 Å². The van der Waals surface area contributed by atoms with Crippen LogP contribution in [0.2, 0.25) is 0 Å². The van der Waals surface area contributed by atoms with Gasteiger partial charge in [0.1, 0.15) is 29.7 Å². The molecule has 3 heterocycles. The van der Waals surface area contributed by atoms with Gasteiger partial charge in [-0.2, -0.15) is 0 Å². The van der Waals surface area contributed by atoms with Gasteiger partial charge in [-0.3, -0.25) is 0 Å². The highest BCUT2D eigenvalue weighted by atomic mass is 16.5. The van der Waals surface area contributed by atoms with E-state index in [-0.39, 0.29) is 6.10 Å². The molecule has 2 aliphatic carbocycles. The Morgan fingerprint density at radius 3 is 3.07 bits per heavy atom. The number of ether oxygens (including phenoxy) is 1. The molecule has 6 heteroatoms. The van der Waals surface area contributed by atoms with Crippen LogP contribution >= 0.6 is 0 Å². The Kier molecular flexibility index (Phi) is 4.38. The second kappa shape index (κ2) is 6.92. The van der Waals surface area contributed by atoms with Crippen molar-refractivity contribution in [2.75, 3.05) is 18.8 Å². The number of nitrogens with zero attached hydrogens (tertiary/aromatic N) is 3. The third kappa shape index (κ3) is 3.00. The molecule has 0 spiro atoms. The molecular formula is C22H29N5O. The number of rotatable bonds is 3. The van der Waals surface area contributed by atoms with Crippen LogP contribution in [0.25, 0.3) is 11.0 Å². The first-order chi connectivity index (χ1) is 13.6. The van der Waals surface area contributed by atoms with Crippen molar-refractivity contribution >= 4 is 16.9 Å². The second-order valence-electron chi connectivity index (χ2n) is 8.59. The molecule has 0 aromatic carbocycles. The quantitative estimate of drug-likeness (QED) is 0.851. The van der Waals surface area contributed by atoms with Gasteiger partial charge in [0.15, 0.2) is 0 Å². The van der Waals surface area contributed by atoms with Crippen molar-refractivity contribution < 1.29 is 4.74 Å². The monoisotopic (exact) mass is 379 g/mol. The largest absolute Gasteiger partial charge is 0.494 e. The number of allylic oxidation sites excluding steroid dienone is 2. The van der Waals surface area contributed by atoms with Crippen LogP contribution in [-0.2, 0) is 4.74 Å². The molecule has 2 fully saturated rings. The Balaban J connectivity index is 1.36. The summed E-state index contributed by atoms with van der Waals surface area (Å²) in [6, 6.07) is 0.404. The Labute approximate surface area is 165 Å². The standard InChI is InChI=1S/C22H29N5O/c1-13-7-15-5-6-24-10-18(15)19(8-13)28-17-4-3-16(9-17)27-11-14(2)20-21(23)25-12-26-22(20)27/h7,11-13,16-17,24H,3-6,8-10H2,1-2H3,(H2,23,25,26).